The molecule has 0 radical (unpaired) electrons. The second kappa shape index (κ2) is 3.67. The predicted octanol–water partition coefficient (Wildman–Crippen LogP) is 3.84. The summed E-state index contributed by atoms with van der Waals surface area (Å²) < 4.78 is 0.177. The molecule has 1 aliphatic rings. The van der Waals surface area contributed by atoms with E-state index in [0.29, 0.717) is 12.2 Å². The number of hydrogen-bond acceptors (Lipinski definition) is 2. The lowest BCUT2D eigenvalue weighted by Gasteiger charge is -2.21. The molecule has 0 atom stereocenters. The quantitative estimate of drug-likeness (QED) is 0.660. The van der Waals surface area contributed by atoms with Gasteiger partial charge in [-0.05, 0) is 25.5 Å². The number of carbonyl (C=O) groups is 1. The first kappa shape index (κ1) is 10.7. The molecular formula is C13H16OS. The topological polar surface area (TPSA) is 17.1 Å². The molecule has 0 aliphatic carbocycles. The molecule has 0 aromatic heterocycles. The van der Waals surface area contributed by atoms with Gasteiger partial charge in [0.05, 0.1) is 0 Å². The van der Waals surface area contributed by atoms with Gasteiger partial charge in [0.25, 0.3) is 0 Å². The van der Waals surface area contributed by atoms with Gasteiger partial charge in [-0.15, -0.1) is 11.8 Å². The Bertz CT molecular complexity index is 407. The van der Waals surface area contributed by atoms with Crippen LogP contribution in [0.4, 0.5) is 0 Å². The van der Waals surface area contributed by atoms with Crippen LogP contribution in [0.1, 0.15) is 42.6 Å². The van der Waals surface area contributed by atoms with Crippen LogP contribution in [0, 0.1) is 6.92 Å². The standard InChI is InChI=1S/C13H16OS/c1-9-4-5-12-10(8-9)11(14)6-7-13(2,3)15-12/h4-5,8H,6-7H2,1-3H3. The number of thioether (sulfide) groups is 1. The largest absolute Gasteiger partial charge is 0.294 e. The van der Waals surface area contributed by atoms with Gasteiger partial charge in [-0.2, -0.15) is 0 Å². The molecule has 15 heavy (non-hydrogen) atoms. The van der Waals surface area contributed by atoms with Crippen LogP contribution in [-0.2, 0) is 0 Å². The Balaban J connectivity index is 2.49. The van der Waals surface area contributed by atoms with Gasteiger partial charge in [0, 0.05) is 21.6 Å². The number of carbonyl (C=O) groups excluding carboxylic acids is 1. The highest BCUT2D eigenvalue weighted by Gasteiger charge is 2.27. The molecule has 0 amide bonds. The van der Waals surface area contributed by atoms with Gasteiger partial charge >= 0.3 is 0 Å². The number of hydrogen-bond donors (Lipinski definition) is 0. The fourth-order valence-corrected chi connectivity index (χ4v) is 3.07. The molecule has 1 heterocycles. The van der Waals surface area contributed by atoms with Crippen LogP contribution in [0.3, 0.4) is 0 Å². The smallest absolute Gasteiger partial charge is 0.164 e. The maximum Gasteiger partial charge on any atom is 0.164 e. The highest BCUT2D eigenvalue weighted by Crippen LogP contribution is 2.41. The third kappa shape index (κ3) is 2.25. The first-order valence-corrected chi connectivity index (χ1v) is 6.12. The van der Waals surface area contributed by atoms with Gasteiger partial charge in [-0.1, -0.05) is 25.5 Å². The number of ketones is 1. The zero-order valence-electron chi connectivity index (χ0n) is 9.46. The molecule has 0 saturated heterocycles. The molecular weight excluding hydrogens is 204 g/mol. The van der Waals surface area contributed by atoms with Crippen LogP contribution in [0.15, 0.2) is 23.1 Å². The molecule has 2 heteroatoms. The highest BCUT2D eigenvalue weighted by atomic mass is 32.2. The maximum atomic E-state index is 11.9. The minimum atomic E-state index is 0.177. The van der Waals surface area contributed by atoms with E-state index in [-0.39, 0.29) is 4.75 Å². The van der Waals surface area contributed by atoms with Gasteiger partial charge in [-0.3, -0.25) is 4.79 Å². The molecule has 0 saturated carbocycles. The summed E-state index contributed by atoms with van der Waals surface area (Å²) in [4.78, 5) is 13.1. The number of Topliss-reactive ketones (excluding diaryl/α,β-unsaturated/α-hetero) is 1. The Morgan fingerprint density at radius 3 is 2.80 bits per heavy atom. The molecule has 0 unspecified atom stereocenters. The zero-order chi connectivity index (χ0) is 11.1. The van der Waals surface area contributed by atoms with Crippen LogP contribution in [0.2, 0.25) is 0 Å². The summed E-state index contributed by atoms with van der Waals surface area (Å²) >= 11 is 1.83. The van der Waals surface area contributed by atoms with E-state index in [1.807, 2.05) is 24.8 Å². The van der Waals surface area contributed by atoms with E-state index in [4.69, 9.17) is 0 Å². The minimum absolute atomic E-state index is 0.177. The normalized spacial score (nSPS) is 19.5. The monoisotopic (exact) mass is 220 g/mol. The van der Waals surface area contributed by atoms with E-state index in [2.05, 4.69) is 26.0 Å². The molecule has 1 aromatic rings. The molecule has 1 aromatic carbocycles. The van der Waals surface area contributed by atoms with Gasteiger partial charge in [0.1, 0.15) is 0 Å². The van der Waals surface area contributed by atoms with Gasteiger partial charge in [0.15, 0.2) is 5.78 Å². The zero-order valence-corrected chi connectivity index (χ0v) is 10.3. The summed E-state index contributed by atoms with van der Waals surface area (Å²) in [6.07, 6.45) is 1.64. The molecule has 1 aliphatic heterocycles. The van der Waals surface area contributed by atoms with Crippen LogP contribution in [0.25, 0.3) is 0 Å². The van der Waals surface area contributed by atoms with E-state index in [9.17, 15) is 4.79 Å². The Morgan fingerprint density at radius 2 is 2.07 bits per heavy atom. The van der Waals surface area contributed by atoms with Crippen molar-refractivity contribution >= 4 is 17.5 Å². The van der Waals surface area contributed by atoms with Crippen molar-refractivity contribution in [2.24, 2.45) is 0 Å². The molecule has 0 bridgehead atoms. The lowest BCUT2D eigenvalue weighted by molar-refractivity contribution is 0.0976. The van der Waals surface area contributed by atoms with Gasteiger partial charge in [-0.25, -0.2) is 0 Å². The summed E-state index contributed by atoms with van der Waals surface area (Å²) in [5.41, 5.74) is 2.09. The van der Waals surface area contributed by atoms with Crippen molar-refractivity contribution in [2.45, 2.75) is 43.3 Å². The van der Waals surface area contributed by atoms with Crippen molar-refractivity contribution in [1.82, 2.24) is 0 Å². The average Bonchev–Trinajstić information content (AvgIpc) is 2.26. The van der Waals surface area contributed by atoms with E-state index in [0.717, 1.165) is 16.9 Å². The van der Waals surface area contributed by atoms with Crippen LogP contribution >= 0.6 is 11.8 Å². The van der Waals surface area contributed by atoms with E-state index >= 15 is 0 Å². The van der Waals surface area contributed by atoms with Crippen LogP contribution in [0.5, 0.6) is 0 Å². The van der Waals surface area contributed by atoms with E-state index in [1.54, 1.807) is 0 Å². The van der Waals surface area contributed by atoms with E-state index < -0.39 is 0 Å². The number of rotatable bonds is 0. The molecule has 0 N–H and O–H groups in total. The third-order valence-electron chi connectivity index (χ3n) is 2.78. The Morgan fingerprint density at radius 1 is 1.33 bits per heavy atom. The molecule has 0 spiro atoms. The Hall–Kier alpha value is -0.760. The van der Waals surface area contributed by atoms with Gasteiger partial charge < -0.3 is 0 Å². The summed E-state index contributed by atoms with van der Waals surface area (Å²) in [5, 5.41) is 0. The average molecular weight is 220 g/mol. The predicted molar refractivity (Wildman–Crippen MR) is 64.7 cm³/mol. The second-order valence-corrected chi connectivity index (χ2v) is 6.53. The van der Waals surface area contributed by atoms with Crippen LogP contribution in [-0.4, -0.2) is 10.5 Å². The number of fused-ring (bicyclic) bond motifs is 1. The number of benzene rings is 1. The number of aryl methyl sites for hydroxylation is 1. The van der Waals surface area contributed by atoms with Gasteiger partial charge in [0.2, 0.25) is 0 Å². The van der Waals surface area contributed by atoms with Crippen molar-refractivity contribution in [3.63, 3.8) is 0 Å². The minimum Gasteiger partial charge on any atom is -0.294 e. The van der Waals surface area contributed by atoms with Crippen molar-refractivity contribution in [2.75, 3.05) is 0 Å². The Labute approximate surface area is 95.3 Å². The summed E-state index contributed by atoms with van der Waals surface area (Å²) in [5.74, 6) is 0.298. The molecule has 0 fully saturated rings. The maximum absolute atomic E-state index is 11.9. The van der Waals surface area contributed by atoms with Crippen molar-refractivity contribution < 1.29 is 4.79 Å². The fraction of sp³-hybridized carbons (Fsp3) is 0.462. The lowest BCUT2D eigenvalue weighted by atomic mass is 10.0. The van der Waals surface area contributed by atoms with Crippen molar-refractivity contribution in [1.29, 1.82) is 0 Å². The van der Waals surface area contributed by atoms with E-state index in [1.165, 1.54) is 5.56 Å². The van der Waals surface area contributed by atoms with Crippen LogP contribution < -0.4 is 0 Å². The third-order valence-corrected chi connectivity index (χ3v) is 4.11. The lowest BCUT2D eigenvalue weighted by Crippen LogP contribution is -2.13. The van der Waals surface area contributed by atoms with Crippen molar-refractivity contribution in [3.05, 3.63) is 29.3 Å². The summed E-state index contributed by atoms with van der Waals surface area (Å²) in [7, 11) is 0. The summed E-state index contributed by atoms with van der Waals surface area (Å²) in [6.45, 7) is 6.45. The second-order valence-electron chi connectivity index (χ2n) is 4.78. The molecule has 2 rings (SSSR count). The highest BCUT2D eigenvalue weighted by molar-refractivity contribution is 8.00. The SMILES string of the molecule is Cc1ccc2c(c1)C(=O)CCC(C)(C)S2. The first-order chi connectivity index (χ1) is 6.98. The van der Waals surface area contributed by atoms with Crippen molar-refractivity contribution in [3.8, 4) is 0 Å². The first-order valence-electron chi connectivity index (χ1n) is 5.31. The summed E-state index contributed by atoms with van der Waals surface area (Å²) in [6, 6.07) is 6.19. The fourth-order valence-electron chi connectivity index (χ4n) is 1.85. The molecule has 80 valence electrons. The molecule has 1 nitrogen and oxygen atoms in total. The Kier molecular flexibility index (Phi) is 2.63.